The molecule has 1 unspecified atom stereocenters. The van der Waals surface area contributed by atoms with Crippen LogP contribution in [0.1, 0.15) is 89.0 Å². The van der Waals surface area contributed by atoms with Crippen LogP contribution in [0, 0.1) is 22.7 Å². The Morgan fingerprint density at radius 3 is 2.39 bits per heavy atom. The van der Waals surface area contributed by atoms with Crippen molar-refractivity contribution in [3.8, 4) is 0 Å². The summed E-state index contributed by atoms with van der Waals surface area (Å²) in [4.78, 5) is 71.9. The van der Waals surface area contributed by atoms with Crippen molar-refractivity contribution in [3.05, 3.63) is 101 Å². The van der Waals surface area contributed by atoms with E-state index in [-0.39, 0.29) is 43.9 Å². The molecule has 8 rings (SSSR count). The third kappa shape index (κ3) is 7.24. The van der Waals surface area contributed by atoms with Crippen LogP contribution in [0.15, 0.2) is 84.7 Å². The number of benzene rings is 2. The van der Waals surface area contributed by atoms with E-state index in [1.807, 2.05) is 62.3 Å². The number of alkyl halides is 1. The number of esters is 2. The van der Waals surface area contributed by atoms with Gasteiger partial charge in [0.15, 0.2) is 35.2 Å². The first-order valence-electron chi connectivity index (χ1n) is 21.5. The second-order valence-corrected chi connectivity index (χ2v) is 18.9. The number of aromatic nitrogens is 1. The van der Waals surface area contributed by atoms with Gasteiger partial charge in [-0.2, -0.15) is 0 Å². The molecule has 9 atom stereocenters. The molecule has 1 N–H and O–H groups in total. The van der Waals surface area contributed by atoms with Crippen molar-refractivity contribution in [2.45, 2.75) is 115 Å². The number of aliphatic hydroxyl groups excluding tert-OH is 1. The minimum absolute atomic E-state index is 0.0356. The summed E-state index contributed by atoms with van der Waals surface area (Å²) in [5.74, 6) is -4.41. The van der Waals surface area contributed by atoms with Crippen LogP contribution in [0.2, 0.25) is 0 Å². The molecular formula is C49H55FN2O10. The molecule has 2 heterocycles. The fourth-order valence-corrected chi connectivity index (χ4v) is 11.7. The molecule has 0 radical (unpaired) electrons. The van der Waals surface area contributed by atoms with Crippen molar-refractivity contribution in [2.24, 2.45) is 22.7 Å². The number of pyridine rings is 1. The van der Waals surface area contributed by atoms with Gasteiger partial charge in [0.25, 0.3) is 0 Å². The van der Waals surface area contributed by atoms with E-state index in [1.165, 1.54) is 12.2 Å². The van der Waals surface area contributed by atoms with E-state index in [0.29, 0.717) is 30.4 Å². The van der Waals surface area contributed by atoms with Crippen molar-refractivity contribution >= 4 is 40.1 Å². The maximum atomic E-state index is 17.7. The first kappa shape index (κ1) is 43.7. The van der Waals surface area contributed by atoms with Gasteiger partial charge in [-0.25, -0.2) is 4.39 Å². The van der Waals surface area contributed by atoms with Crippen LogP contribution in [-0.2, 0) is 55.9 Å². The Balaban J connectivity index is 0.857. The topological polar surface area (TPSA) is 159 Å². The van der Waals surface area contributed by atoms with Gasteiger partial charge in [0.1, 0.15) is 6.61 Å². The number of fused-ring (bicyclic) bond motifs is 8. The number of Topliss-reactive ketones (excluding diaryl/α,β-unsaturated/α-hetero) is 2. The van der Waals surface area contributed by atoms with Crippen molar-refractivity contribution in [3.63, 3.8) is 0 Å². The van der Waals surface area contributed by atoms with E-state index in [0.717, 1.165) is 21.9 Å². The Morgan fingerprint density at radius 2 is 1.66 bits per heavy atom. The number of likely N-dealkylation sites (N-methyl/N-ethyl adjacent to an activating group) is 1. The van der Waals surface area contributed by atoms with E-state index in [4.69, 9.17) is 18.9 Å². The number of hydrogen-bond acceptors (Lipinski definition) is 12. The fraction of sp³-hybridized carbons (Fsp3) is 0.510. The molecule has 5 aliphatic rings. The van der Waals surface area contributed by atoms with E-state index in [2.05, 4.69) is 4.98 Å². The van der Waals surface area contributed by atoms with Gasteiger partial charge in [-0.1, -0.05) is 61.0 Å². The molecule has 4 fully saturated rings. The van der Waals surface area contributed by atoms with Gasteiger partial charge in [0.2, 0.25) is 5.78 Å². The molecule has 1 saturated heterocycles. The highest BCUT2D eigenvalue weighted by Gasteiger charge is 2.80. The third-order valence-electron chi connectivity index (χ3n) is 14.5. The van der Waals surface area contributed by atoms with E-state index in [9.17, 15) is 29.1 Å². The molecule has 12 nitrogen and oxygen atoms in total. The molecule has 3 aromatic rings. The number of carbonyl (C=O) groups is 5. The zero-order chi connectivity index (χ0) is 44.4. The first-order valence-corrected chi connectivity index (χ1v) is 21.5. The lowest BCUT2D eigenvalue weighted by Crippen LogP contribution is -2.70. The van der Waals surface area contributed by atoms with Crippen LogP contribution in [0.4, 0.5) is 4.39 Å². The number of nitrogens with zero attached hydrogens (tertiary/aromatic N) is 2. The SMILES string of the molecule is CN(C)C(C(=O)Cc1ccc2cnccc2c1)c1ccc(COC(=O)CCC(=O)OCC(=O)[C@@]23OC(C)(C)O[C@@H]2C[C@H]2[C@@H]4CCC5=CC(=O)C=C[C@]5(C)[C@@]4(F)[C@@H](O)C[C@@]23C)cc1. The molecule has 13 heteroatoms. The quantitative estimate of drug-likeness (QED) is 0.188. The van der Waals surface area contributed by atoms with Gasteiger partial charge >= 0.3 is 11.9 Å². The minimum atomic E-state index is -2.10. The maximum absolute atomic E-state index is 17.7. The molecule has 3 saturated carbocycles. The molecule has 0 amide bonds. The number of hydrogen-bond donors (Lipinski definition) is 1. The van der Waals surface area contributed by atoms with Crippen LogP contribution in [0.25, 0.3) is 10.8 Å². The predicted octanol–water partition coefficient (Wildman–Crippen LogP) is 6.46. The van der Waals surface area contributed by atoms with Gasteiger partial charge < -0.3 is 24.1 Å². The third-order valence-corrected chi connectivity index (χ3v) is 14.5. The number of ether oxygens (including phenoxy) is 4. The lowest BCUT2D eigenvalue weighted by atomic mass is 9.44. The highest BCUT2D eigenvalue weighted by atomic mass is 19.1. The summed E-state index contributed by atoms with van der Waals surface area (Å²) >= 11 is 0. The Kier molecular flexibility index (Phi) is 11.3. The second-order valence-electron chi connectivity index (χ2n) is 18.9. The van der Waals surface area contributed by atoms with Crippen molar-refractivity contribution < 1.29 is 52.4 Å². The first-order chi connectivity index (χ1) is 29.3. The van der Waals surface area contributed by atoms with Gasteiger partial charge in [-0.15, -0.1) is 0 Å². The average Bonchev–Trinajstić information content (AvgIpc) is 3.64. The largest absolute Gasteiger partial charge is 0.461 e. The lowest BCUT2D eigenvalue weighted by Gasteiger charge is -2.62. The van der Waals surface area contributed by atoms with Crippen molar-refractivity contribution in [1.29, 1.82) is 0 Å². The van der Waals surface area contributed by atoms with Crippen LogP contribution in [0.3, 0.4) is 0 Å². The normalized spacial score (nSPS) is 32.3. The van der Waals surface area contributed by atoms with E-state index >= 15 is 4.39 Å². The summed E-state index contributed by atoms with van der Waals surface area (Å²) < 4.78 is 41.5. The fourth-order valence-electron chi connectivity index (χ4n) is 11.7. The van der Waals surface area contributed by atoms with Crippen LogP contribution in [-0.4, -0.2) is 94.2 Å². The summed E-state index contributed by atoms with van der Waals surface area (Å²) in [5, 5.41) is 13.8. The zero-order valence-electron chi connectivity index (χ0n) is 36.2. The number of halogens is 1. The highest BCUT2D eigenvalue weighted by Crippen LogP contribution is 2.72. The molecule has 328 valence electrons. The Hall–Kier alpha value is -4.95. The van der Waals surface area contributed by atoms with Gasteiger partial charge in [-0.05, 0) is 107 Å². The van der Waals surface area contributed by atoms with Gasteiger partial charge in [0.05, 0.1) is 31.1 Å². The average molecular weight is 851 g/mol. The second kappa shape index (κ2) is 16.0. The van der Waals surface area contributed by atoms with Crippen LogP contribution < -0.4 is 0 Å². The number of ketones is 3. The molecule has 4 aliphatic carbocycles. The van der Waals surface area contributed by atoms with Crippen molar-refractivity contribution in [2.75, 3.05) is 20.7 Å². The molecule has 2 aromatic carbocycles. The predicted molar refractivity (Wildman–Crippen MR) is 225 cm³/mol. The number of rotatable bonds is 13. The summed E-state index contributed by atoms with van der Waals surface area (Å²) in [5.41, 5.74) is -2.95. The highest BCUT2D eigenvalue weighted by molar-refractivity contribution is 6.01. The Bertz CT molecular complexity index is 2380. The lowest BCUT2D eigenvalue weighted by molar-refractivity contribution is -0.246. The molecule has 0 bridgehead atoms. The zero-order valence-corrected chi connectivity index (χ0v) is 36.2. The van der Waals surface area contributed by atoms with Crippen molar-refractivity contribution in [1.82, 2.24) is 9.88 Å². The van der Waals surface area contributed by atoms with Crippen LogP contribution in [0.5, 0.6) is 0 Å². The number of aliphatic hydroxyl groups is 1. The van der Waals surface area contributed by atoms with Gasteiger partial charge in [0, 0.05) is 40.9 Å². The molecule has 1 aromatic heterocycles. The standard InChI is InChI=1S/C49H55FN2O10/c1-45(2)61-41-24-37-36-14-13-34-23-35(53)17-19-46(34,3)48(36,50)39(55)25-47(37,4)49(41,62-45)40(56)28-60-43(58)16-15-42(57)59-27-29-7-10-31(11-8-29)44(52(5)6)38(54)22-30-9-12-33-26-51-20-18-32(33)21-30/h7-12,17-21,23,26,36-37,39,41,44,55H,13-16,22,24-25,27-28H2,1-6H3/t36-,37-,39-,41+,44?,46-,47-,48-,49+/m0/s1. The number of carbonyl (C=O) groups excluding carboxylic acids is 5. The molecule has 62 heavy (non-hydrogen) atoms. The summed E-state index contributed by atoms with van der Waals surface area (Å²) in [6.45, 7) is 6.26. The Morgan fingerprint density at radius 1 is 0.952 bits per heavy atom. The van der Waals surface area contributed by atoms with Gasteiger partial charge in [-0.3, -0.25) is 33.9 Å². The summed E-state index contributed by atoms with van der Waals surface area (Å²) in [6, 6.07) is 14.6. The summed E-state index contributed by atoms with van der Waals surface area (Å²) in [6.07, 6.45) is 6.34. The molecular weight excluding hydrogens is 796 g/mol. The molecule has 1 aliphatic heterocycles. The number of allylic oxidation sites excluding steroid dienone is 4. The summed E-state index contributed by atoms with van der Waals surface area (Å²) in [7, 11) is 3.71. The minimum Gasteiger partial charge on any atom is -0.461 e. The van der Waals surface area contributed by atoms with E-state index < -0.39 is 82.3 Å². The monoisotopic (exact) mass is 850 g/mol. The van der Waals surface area contributed by atoms with E-state index in [1.54, 1.807) is 51.4 Å². The maximum Gasteiger partial charge on any atom is 0.306 e. The Labute approximate surface area is 360 Å². The molecule has 0 spiro atoms. The smallest absolute Gasteiger partial charge is 0.306 e. The van der Waals surface area contributed by atoms with Crippen LogP contribution >= 0.6 is 0 Å².